The van der Waals surface area contributed by atoms with Crippen LogP contribution < -0.4 is 32.7 Å². The molecule has 0 fully saturated rings. The summed E-state index contributed by atoms with van der Waals surface area (Å²) in [5.41, 5.74) is 0. The number of carboxylic acid groups (broad SMARTS) is 4. The summed E-state index contributed by atoms with van der Waals surface area (Å²) in [6.45, 7) is 0. The average Bonchev–Trinajstić information content (AvgIpc) is 1.25. The zero-order chi connectivity index (χ0) is 7.15. The standard InChI is InChI=1S/2CH2O3.2H3N.2H2O.Zr/c2*2-1(3)4;;;;;/h2*(H2,2,3,4);2*1H3;2*1H2;/q;;;;;;+4/p-4. The molecule has 0 heterocycles. The Kier molecular flexibility index (Phi) is 185. The first kappa shape index (κ1) is 56.2. The van der Waals surface area contributed by atoms with E-state index in [9.17, 15) is 0 Å². The summed E-state index contributed by atoms with van der Waals surface area (Å²) < 4.78 is 0. The molecule has 0 spiro atoms. The summed E-state index contributed by atoms with van der Waals surface area (Å²) in [6.07, 6.45) is -4.67. The Balaban J connectivity index is -0.00000000800. The molecule has 11 heteroatoms. The minimum Gasteiger partial charge on any atom is -0.870 e. The molecule has 80 valence electrons. The fourth-order valence-corrected chi connectivity index (χ4v) is 0. The van der Waals surface area contributed by atoms with E-state index in [0.717, 1.165) is 0 Å². The third kappa shape index (κ3) is 1780. The Bertz CT molecular complexity index is 78.1. The number of quaternary nitrogens is 2. The van der Waals surface area contributed by atoms with Gasteiger partial charge in [0.1, 0.15) is 0 Å². The molecule has 0 saturated carbocycles. The van der Waals surface area contributed by atoms with Crippen molar-refractivity contribution < 1.29 is 67.2 Å². The van der Waals surface area contributed by atoms with E-state index >= 15 is 0 Å². The van der Waals surface area contributed by atoms with Crippen molar-refractivity contribution in [3.05, 3.63) is 0 Å². The van der Waals surface area contributed by atoms with Crippen LogP contribution in [0.3, 0.4) is 0 Å². The maximum atomic E-state index is 8.33. The van der Waals surface area contributed by atoms with Crippen LogP contribution in [0.2, 0.25) is 0 Å². The van der Waals surface area contributed by atoms with Crippen molar-refractivity contribution >= 4 is 12.3 Å². The zero-order valence-electron chi connectivity index (χ0n) is 6.84. The fraction of sp³-hybridized carbons (Fsp3) is 0. The molecule has 0 atom stereocenters. The molecule has 10 N–H and O–H groups in total. The molecule has 0 aliphatic rings. The maximum Gasteiger partial charge on any atom is 4.00 e. The first-order valence-electron chi connectivity index (χ1n) is 1.22. The zero-order valence-corrected chi connectivity index (χ0v) is 9.30. The molecule has 0 radical (unpaired) electrons. The predicted octanol–water partition coefficient (Wildman–Crippen LogP) is -4.50. The normalized spacial score (nSPS) is 3.69. The smallest absolute Gasteiger partial charge is 0.870 e. The second-order valence-corrected chi connectivity index (χ2v) is 0.500. The van der Waals surface area contributed by atoms with E-state index < -0.39 is 12.3 Å². The third-order valence-electron chi connectivity index (χ3n) is 0. The summed E-state index contributed by atoms with van der Waals surface area (Å²) in [7, 11) is 0. The molecule has 0 unspecified atom stereocenters. The number of hydrogen-bond donors (Lipinski definition) is 2. The van der Waals surface area contributed by atoms with Crippen LogP contribution in [0, 0.1) is 0 Å². The van der Waals surface area contributed by atoms with Crippen LogP contribution in [0.25, 0.3) is 0 Å². The van der Waals surface area contributed by atoms with E-state index in [2.05, 4.69) is 0 Å². The van der Waals surface area contributed by atoms with Gasteiger partial charge < -0.3 is 53.3 Å². The number of carbonyl (C=O) groups is 2. The molecule has 0 rings (SSSR count). The van der Waals surface area contributed by atoms with E-state index in [-0.39, 0.29) is 49.5 Å². The molecule has 0 aromatic carbocycles. The van der Waals surface area contributed by atoms with Crippen LogP contribution in [0.1, 0.15) is 0 Å². The molecular weight excluding hydrogens is 271 g/mol. The largest absolute Gasteiger partial charge is 4.00 e. The van der Waals surface area contributed by atoms with Gasteiger partial charge in [0.15, 0.2) is 0 Å². The molecule has 0 bridgehead atoms. The molecule has 13 heavy (non-hydrogen) atoms. The van der Waals surface area contributed by atoms with E-state index in [1.54, 1.807) is 0 Å². The number of hydrogen-bond acceptors (Lipinski definition) is 8. The van der Waals surface area contributed by atoms with Crippen molar-refractivity contribution in [1.29, 1.82) is 0 Å². The molecule has 0 amide bonds. The van der Waals surface area contributed by atoms with Crippen LogP contribution >= 0.6 is 0 Å². The molecule has 0 aromatic rings. The van der Waals surface area contributed by atoms with Crippen molar-refractivity contribution in [2.45, 2.75) is 0 Å². The topological polar surface area (TPSA) is 259 Å². The second-order valence-electron chi connectivity index (χ2n) is 0.500. The van der Waals surface area contributed by atoms with Gasteiger partial charge in [-0.3, -0.25) is 0 Å². The Morgan fingerprint density at radius 3 is 0.692 bits per heavy atom. The predicted molar refractivity (Wildman–Crippen MR) is 26.6 cm³/mol. The first-order chi connectivity index (χ1) is 3.46. The second kappa shape index (κ2) is 42.8. The van der Waals surface area contributed by atoms with Gasteiger partial charge in [0.25, 0.3) is 0 Å². The molecule has 10 nitrogen and oxygen atoms in total. The number of rotatable bonds is 0. The fourth-order valence-electron chi connectivity index (χ4n) is 0. The first-order valence-corrected chi connectivity index (χ1v) is 1.22. The molecule has 0 aromatic heterocycles. The quantitative estimate of drug-likeness (QED) is 0.435. The van der Waals surface area contributed by atoms with E-state index in [1.807, 2.05) is 0 Å². The van der Waals surface area contributed by atoms with Gasteiger partial charge in [0.05, 0.1) is 0 Å². The minimum absolute atomic E-state index is 0. The van der Waals surface area contributed by atoms with Crippen LogP contribution in [0.5, 0.6) is 0 Å². The summed E-state index contributed by atoms with van der Waals surface area (Å²) in [5, 5.41) is 33.3. The van der Waals surface area contributed by atoms with E-state index in [4.69, 9.17) is 30.0 Å². The van der Waals surface area contributed by atoms with Crippen molar-refractivity contribution in [3.8, 4) is 0 Å². The van der Waals surface area contributed by atoms with Gasteiger partial charge in [-0.25, -0.2) is 0 Å². The molecule has 0 aliphatic carbocycles. The van der Waals surface area contributed by atoms with Crippen LogP contribution in [-0.2, 0) is 26.2 Å². The molecule has 0 aliphatic heterocycles. The SMILES string of the molecule is O=C([O-])[O-].O=C([O-])[O-].[NH4+].[NH4+].[OH-].[OH-].[Zr+4]. The van der Waals surface area contributed by atoms with E-state index in [0.29, 0.717) is 0 Å². The Hall–Kier alpha value is -0.737. The molecular formula is C2H10N2O8Zr. The van der Waals surface area contributed by atoms with Crippen LogP contribution in [0.4, 0.5) is 9.59 Å². The van der Waals surface area contributed by atoms with Gasteiger partial charge in [-0.05, 0) is 12.3 Å². The third-order valence-corrected chi connectivity index (χ3v) is 0. The Morgan fingerprint density at radius 2 is 0.692 bits per heavy atom. The van der Waals surface area contributed by atoms with Crippen LogP contribution in [-0.4, -0.2) is 23.3 Å². The van der Waals surface area contributed by atoms with Crippen molar-refractivity contribution in [2.24, 2.45) is 0 Å². The van der Waals surface area contributed by atoms with Gasteiger partial charge >= 0.3 is 26.2 Å². The Morgan fingerprint density at radius 1 is 0.692 bits per heavy atom. The summed E-state index contributed by atoms with van der Waals surface area (Å²) in [5.74, 6) is 0. The number of carbonyl (C=O) groups excluding carboxylic acids is 2. The van der Waals surface area contributed by atoms with Crippen molar-refractivity contribution in [3.63, 3.8) is 0 Å². The summed E-state index contributed by atoms with van der Waals surface area (Å²) >= 11 is 0. The van der Waals surface area contributed by atoms with Crippen LogP contribution in [0.15, 0.2) is 0 Å². The summed E-state index contributed by atoms with van der Waals surface area (Å²) in [4.78, 5) is 16.7. The summed E-state index contributed by atoms with van der Waals surface area (Å²) in [6, 6.07) is 0. The van der Waals surface area contributed by atoms with Crippen molar-refractivity contribution in [1.82, 2.24) is 12.3 Å². The van der Waals surface area contributed by atoms with E-state index in [1.165, 1.54) is 0 Å². The van der Waals surface area contributed by atoms with Gasteiger partial charge in [-0.15, -0.1) is 0 Å². The van der Waals surface area contributed by atoms with Gasteiger partial charge in [-0.1, -0.05) is 0 Å². The van der Waals surface area contributed by atoms with Gasteiger partial charge in [-0.2, -0.15) is 0 Å². The maximum absolute atomic E-state index is 8.33. The Labute approximate surface area is 92.1 Å². The minimum atomic E-state index is -2.33. The van der Waals surface area contributed by atoms with Gasteiger partial charge in [0, 0.05) is 0 Å². The monoisotopic (exact) mass is 280 g/mol. The average molecular weight is 281 g/mol. The van der Waals surface area contributed by atoms with Gasteiger partial charge in [0.2, 0.25) is 0 Å². The molecule has 0 saturated heterocycles. The van der Waals surface area contributed by atoms with Crippen molar-refractivity contribution in [2.75, 3.05) is 0 Å².